The highest BCUT2D eigenvalue weighted by Crippen LogP contribution is 2.36. The quantitative estimate of drug-likeness (QED) is 0.287. The zero-order chi connectivity index (χ0) is 23.3. The minimum absolute atomic E-state index is 0.127. The molecule has 2 aromatic carbocycles. The number of rotatable bonds is 3. The van der Waals surface area contributed by atoms with Crippen molar-refractivity contribution in [3.8, 4) is 23.3 Å². The number of aromatic nitrogens is 4. The number of anilines is 1. The Morgan fingerprint density at radius 2 is 1.97 bits per heavy atom. The van der Waals surface area contributed by atoms with Crippen LogP contribution in [0.4, 0.5) is 5.82 Å². The average molecular weight is 435 g/mol. The Morgan fingerprint density at radius 1 is 1.18 bits per heavy atom. The van der Waals surface area contributed by atoms with Crippen molar-refractivity contribution in [3.63, 3.8) is 0 Å². The number of nitrogens with one attached hydrogen (secondary N) is 1. The summed E-state index contributed by atoms with van der Waals surface area (Å²) in [4.78, 5) is 26.1. The number of aryl methyl sites for hydroxylation is 1. The van der Waals surface area contributed by atoms with Gasteiger partial charge in [0.1, 0.15) is 22.8 Å². The van der Waals surface area contributed by atoms with Gasteiger partial charge in [0.15, 0.2) is 5.65 Å². The monoisotopic (exact) mass is 435 g/mol. The molecule has 5 rings (SSSR count). The van der Waals surface area contributed by atoms with E-state index in [4.69, 9.17) is 5.73 Å². The van der Waals surface area contributed by atoms with Crippen LogP contribution in [0.2, 0.25) is 0 Å². The van der Waals surface area contributed by atoms with E-state index in [0.29, 0.717) is 33.8 Å². The van der Waals surface area contributed by atoms with Crippen LogP contribution in [0.15, 0.2) is 48.7 Å². The molecule has 0 aliphatic rings. The van der Waals surface area contributed by atoms with Crippen LogP contribution in [0, 0.1) is 25.7 Å². The number of carbonyl (C=O) groups excluding carboxylic acids is 1. The highest BCUT2D eigenvalue weighted by Gasteiger charge is 2.27. The van der Waals surface area contributed by atoms with E-state index < -0.39 is 0 Å². The van der Waals surface area contributed by atoms with Crippen molar-refractivity contribution in [2.75, 3.05) is 5.73 Å². The molecule has 0 unspecified atom stereocenters. The number of phenolic OH excluding ortho intramolecular Hbond substituents is 1. The number of aromatic hydroxyl groups is 1. The molecule has 0 fully saturated rings. The molecule has 0 atom stereocenters. The van der Waals surface area contributed by atoms with Crippen LogP contribution in [0.5, 0.6) is 5.75 Å². The lowest BCUT2D eigenvalue weighted by Crippen LogP contribution is -2.09. The lowest BCUT2D eigenvalue weighted by atomic mass is 10.1. The van der Waals surface area contributed by atoms with E-state index in [0.717, 1.165) is 16.5 Å². The Labute approximate surface area is 189 Å². The number of nitrogens with zero attached hydrogens (tertiary/aromatic N) is 3. The maximum Gasteiger partial charge on any atom is 0.215 e. The van der Waals surface area contributed by atoms with Gasteiger partial charge in [-0.1, -0.05) is 30.2 Å². The van der Waals surface area contributed by atoms with Gasteiger partial charge in [-0.2, -0.15) is 0 Å². The first-order valence-corrected chi connectivity index (χ1v) is 10.4. The molecule has 0 amide bonds. The number of fused-ring (bicyclic) bond motifs is 2. The Bertz CT molecular complexity index is 1610. The number of benzene rings is 2. The summed E-state index contributed by atoms with van der Waals surface area (Å²) >= 11 is 0. The molecule has 0 spiro atoms. The van der Waals surface area contributed by atoms with Crippen molar-refractivity contribution in [1.82, 2.24) is 19.5 Å². The van der Waals surface area contributed by atoms with Gasteiger partial charge in [0.25, 0.3) is 0 Å². The van der Waals surface area contributed by atoms with Crippen molar-refractivity contribution in [3.05, 3.63) is 76.7 Å². The van der Waals surface area contributed by atoms with Crippen molar-refractivity contribution < 1.29 is 9.90 Å². The summed E-state index contributed by atoms with van der Waals surface area (Å²) in [7, 11) is 0. The van der Waals surface area contributed by atoms with Gasteiger partial charge in [0.05, 0.1) is 23.1 Å². The first-order chi connectivity index (χ1) is 15.9. The van der Waals surface area contributed by atoms with Gasteiger partial charge < -0.3 is 15.8 Å². The second-order valence-electron chi connectivity index (χ2n) is 7.87. The van der Waals surface area contributed by atoms with Crippen LogP contribution in [0.25, 0.3) is 27.8 Å². The predicted molar refractivity (Wildman–Crippen MR) is 129 cm³/mol. The van der Waals surface area contributed by atoms with Crippen LogP contribution in [0.1, 0.15) is 39.8 Å². The summed E-state index contributed by atoms with van der Waals surface area (Å²) in [5.74, 6) is 5.74. The number of hydrogen-bond acceptors (Lipinski definition) is 5. The summed E-state index contributed by atoms with van der Waals surface area (Å²) < 4.78 is 1.69. The molecule has 7 heteroatoms. The largest absolute Gasteiger partial charge is 0.508 e. The number of phenols is 1. The van der Waals surface area contributed by atoms with Crippen molar-refractivity contribution in [2.45, 2.75) is 20.8 Å². The van der Waals surface area contributed by atoms with E-state index >= 15 is 0 Å². The van der Waals surface area contributed by atoms with Crippen LogP contribution in [-0.4, -0.2) is 30.4 Å². The molecule has 3 aromatic heterocycles. The molecular weight excluding hydrogens is 414 g/mol. The van der Waals surface area contributed by atoms with E-state index in [-0.39, 0.29) is 22.9 Å². The zero-order valence-corrected chi connectivity index (χ0v) is 18.4. The minimum Gasteiger partial charge on any atom is -0.508 e. The Morgan fingerprint density at radius 3 is 2.73 bits per heavy atom. The third-order valence-electron chi connectivity index (χ3n) is 5.78. The third-order valence-corrected chi connectivity index (χ3v) is 5.78. The fourth-order valence-electron chi connectivity index (χ4n) is 4.20. The van der Waals surface area contributed by atoms with Crippen molar-refractivity contribution in [2.24, 2.45) is 0 Å². The molecule has 4 N–H and O–H groups in total. The molecule has 162 valence electrons. The van der Waals surface area contributed by atoms with Crippen LogP contribution in [-0.2, 0) is 0 Å². The zero-order valence-electron chi connectivity index (χ0n) is 18.4. The number of ketones is 1. The summed E-state index contributed by atoms with van der Waals surface area (Å²) in [6, 6.07) is 12.9. The van der Waals surface area contributed by atoms with Gasteiger partial charge in [0.2, 0.25) is 5.78 Å². The summed E-state index contributed by atoms with van der Waals surface area (Å²) in [6.07, 6.45) is 1.55. The fourth-order valence-corrected chi connectivity index (χ4v) is 4.20. The Balaban J connectivity index is 1.84. The van der Waals surface area contributed by atoms with Crippen LogP contribution >= 0.6 is 0 Å². The second-order valence-corrected chi connectivity index (χ2v) is 7.87. The summed E-state index contributed by atoms with van der Waals surface area (Å²) in [6.45, 7) is 5.42. The molecule has 0 radical (unpaired) electrons. The Hall–Kier alpha value is -4.57. The molecule has 3 heterocycles. The molecule has 33 heavy (non-hydrogen) atoms. The molecule has 0 saturated carbocycles. The topological polar surface area (TPSA) is 110 Å². The number of nitrogen functional groups attached to an aromatic ring is 1. The predicted octanol–water partition coefficient (Wildman–Crippen LogP) is 4.41. The number of hydrogen-bond donors (Lipinski definition) is 3. The standard InChI is InChI=1S/C26H21N5O2/c1-4-7-17-13-28-26-22(29-17)21(24(33)19-12-16-8-5-6-9-18(16)30-19)25(27)31(26)23-14(2)10-11-20(32)15(23)3/h5-6,8-13,30,32H,27H2,1-3H3. The fraction of sp³-hybridized carbons (Fsp3) is 0.115. The van der Waals surface area contributed by atoms with Gasteiger partial charge >= 0.3 is 0 Å². The average Bonchev–Trinajstić information content (AvgIpc) is 3.36. The summed E-state index contributed by atoms with van der Waals surface area (Å²) in [5, 5.41) is 11.3. The van der Waals surface area contributed by atoms with E-state index in [2.05, 4.69) is 26.8 Å². The molecule has 0 aliphatic carbocycles. The second kappa shape index (κ2) is 7.53. The maximum atomic E-state index is 13.7. The van der Waals surface area contributed by atoms with Gasteiger partial charge in [-0.3, -0.25) is 9.36 Å². The lowest BCUT2D eigenvalue weighted by molar-refractivity contribution is 0.103. The highest BCUT2D eigenvalue weighted by atomic mass is 16.3. The number of carbonyl (C=O) groups is 1. The van der Waals surface area contributed by atoms with Crippen LogP contribution < -0.4 is 5.73 Å². The smallest absolute Gasteiger partial charge is 0.215 e. The Kier molecular flexibility index (Phi) is 4.64. The number of para-hydroxylation sites is 1. The van der Waals surface area contributed by atoms with Gasteiger partial charge in [-0.25, -0.2) is 9.97 Å². The van der Waals surface area contributed by atoms with Crippen LogP contribution in [0.3, 0.4) is 0 Å². The normalized spacial score (nSPS) is 11.0. The molecule has 0 aliphatic heterocycles. The summed E-state index contributed by atoms with van der Waals surface area (Å²) in [5.41, 5.74) is 11.5. The molecule has 7 nitrogen and oxygen atoms in total. The number of aromatic amines is 1. The number of nitrogens with two attached hydrogens (primary N) is 1. The molecule has 0 bridgehead atoms. The molecule has 0 saturated heterocycles. The van der Waals surface area contributed by atoms with Gasteiger partial charge in [-0.15, -0.1) is 0 Å². The van der Waals surface area contributed by atoms with Gasteiger partial charge in [0, 0.05) is 16.5 Å². The lowest BCUT2D eigenvalue weighted by Gasteiger charge is -2.15. The highest BCUT2D eigenvalue weighted by molar-refractivity contribution is 6.19. The SMILES string of the molecule is CC#Cc1cnc2c(n1)c(C(=O)c1cc3ccccc3[nH]1)c(N)n2-c1c(C)ccc(O)c1C. The first kappa shape index (κ1) is 20.3. The van der Waals surface area contributed by atoms with E-state index in [1.165, 1.54) is 0 Å². The minimum atomic E-state index is -0.293. The molecule has 5 aromatic rings. The maximum absolute atomic E-state index is 13.7. The first-order valence-electron chi connectivity index (χ1n) is 10.4. The van der Waals surface area contributed by atoms with E-state index in [1.54, 1.807) is 42.8 Å². The molecular formula is C26H21N5O2. The van der Waals surface area contributed by atoms with E-state index in [9.17, 15) is 9.90 Å². The number of H-pyrrole nitrogens is 1. The van der Waals surface area contributed by atoms with Crippen molar-refractivity contribution in [1.29, 1.82) is 0 Å². The van der Waals surface area contributed by atoms with Gasteiger partial charge in [-0.05, 0) is 50.5 Å². The van der Waals surface area contributed by atoms with Crippen molar-refractivity contribution >= 4 is 33.7 Å². The van der Waals surface area contributed by atoms with E-state index in [1.807, 2.05) is 31.2 Å². The third kappa shape index (κ3) is 3.12.